The second kappa shape index (κ2) is 2.13. The minimum Gasteiger partial charge on any atom is -0.477 e. The van der Waals surface area contributed by atoms with Crippen LogP contribution in [0.1, 0.15) is 6.92 Å². The Morgan fingerprint density at radius 3 is 2.00 bits per heavy atom. The Morgan fingerprint density at radius 2 is 2.00 bits per heavy atom. The number of hydrogen-bond acceptors (Lipinski definition) is 1. The van der Waals surface area contributed by atoms with E-state index in [9.17, 15) is 13.6 Å². The maximum Gasteiger partial charge on any atom is 0.379 e. The van der Waals surface area contributed by atoms with Gasteiger partial charge in [0.1, 0.15) is 0 Å². The molecule has 0 unspecified atom stereocenters. The van der Waals surface area contributed by atoms with Crippen LogP contribution in [0.2, 0.25) is 0 Å². The molecule has 0 bridgehead atoms. The molecule has 0 heterocycles. The lowest BCUT2D eigenvalue weighted by Gasteiger charge is -2.08. The van der Waals surface area contributed by atoms with Crippen molar-refractivity contribution in [3.05, 3.63) is 12.2 Å². The van der Waals surface area contributed by atoms with Gasteiger partial charge in [0, 0.05) is 0 Å². The van der Waals surface area contributed by atoms with Gasteiger partial charge in [0.05, 0.1) is 0 Å². The SMILES string of the molecule is C=C(C)C(F)(F)C(=O)O. The second-order valence-electron chi connectivity index (χ2n) is 1.66. The third kappa shape index (κ3) is 1.48. The van der Waals surface area contributed by atoms with Crippen LogP contribution in [-0.4, -0.2) is 17.0 Å². The van der Waals surface area contributed by atoms with E-state index in [4.69, 9.17) is 5.11 Å². The van der Waals surface area contributed by atoms with Gasteiger partial charge in [-0.2, -0.15) is 8.78 Å². The first-order chi connectivity index (χ1) is 3.89. The summed E-state index contributed by atoms with van der Waals surface area (Å²) in [4.78, 5) is 9.65. The van der Waals surface area contributed by atoms with Crippen molar-refractivity contribution in [2.75, 3.05) is 0 Å². The molecule has 0 fully saturated rings. The molecule has 0 aromatic carbocycles. The van der Waals surface area contributed by atoms with Gasteiger partial charge >= 0.3 is 11.9 Å². The topological polar surface area (TPSA) is 37.3 Å². The van der Waals surface area contributed by atoms with E-state index in [0.29, 0.717) is 0 Å². The number of halogens is 2. The van der Waals surface area contributed by atoms with Crippen molar-refractivity contribution < 1.29 is 18.7 Å². The van der Waals surface area contributed by atoms with Gasteiger partial charge in [-0.1, -0.05) is 6.58 Å². The van der Waals surface area contributed by atoms with Crippen LogP contribution in [0.15, 0.2) is 12.2 Å². The fourth-order valence-electron chi connectivity index (χ4n) is 0.183. The molecule has 0 aliphatic heterocycles. The highest BCUT2D eigenvalue weighted by molar-refractivity contribution is 5.78. The predicted octanol–water partition coefficient (Wildman–Crippen LogP) is 1.28. The van der Waals surface area contributed by atoms with E-state index in [2.05, 4.69) is 6.58 Å². The highest BCUT2D eigenvalue weighted by Crippen LogP contribution is 2.21. The minimum atomic E-state index is -3.78. The molecule has 0 atom stereocenters. The Hall–Kier alpha value is -0.930. The fourth-order valence-corrected chi connectivity index (χ4v) is 0.183. The van der Waals surface area contributed by atoms with Crippen LogP contribution in [0.4, 0.5) is 8.78 Å². The number of aliphatic carboxylic acids is 1. The summed E-state index contributed by atoms with van der Waals surface area (Å²) in [6, 6.07) is 0. The first kappa shape index (κ1) is 8.07. The summed E-state index contributed by atoms with van der Waals surface area (Å²) in [6.45, 7) is 3.78. The van der Waals surface area contributed by atoms with E-state index in [1.54, 1.807) is 0 Å². The molecule has 2 nitrogen and oxygen atoms in total. The maximum absolute atomic E-state index is 12.0. The van der Waals surface area contributed by atoms with Gasteiger partial charge in [0.15, 0.2) is 0 Å². The van der Waals surface area contributed by atoms with Crippen LogP contribution < -0.4 is 0 Å². The van der Waals surface area contributed by atoms with Crippen LogP contribution in [-0.2, 0) is 4.79 Å². The highest BCUT2D eigenvalue weighted by Gasteiger charge is 2.39. The molecule has 1 N–H and O–H groups in total. The van der Waals surface area contributed by atoms with E-state index in [0.717, 1.165) is 6.92 Å². The van der Waals surface area contributed by atoms with Gasteiger partial charge in [-0.3, -0.25) is 0 Å². The number of carboxylic acids is 1. The predicted molar refractivity (Wildman–Crippen MR) is 27.4 cm³/mol. The fraction of sp³-hybridized carbons (Fsp3) is 0.400. The summed E-state index contributed by atoms with van der Waals surface area (Å²) in [6.07, 6.45) is 0. The molecule has 0 aromatic heterocycles. The molecular formula is C5H6F2O2. The zero-order valence-corrected chi connectivity index (χ0v) is 4.82. The molecule has 0 aromatic rings. The summed E-state index contributed by atoms with van der Waals surface area (Å²) in [5, 5.41) is 7.80. The third-order valence-corrected chi connectivity index (χ3v) is 0.805. The highest BCUT2D eigenvalue weighted by atomic mass is 19.3. The molecule has 9 heavy (non-hydrogen) atoms. The van der Waals surface area contributed by atoms with Crippen molar-refractivity contribution in [3.8, 4) is 0 Å². The van der Waals surface area contributed by atoms with Crippen LogP contribution in [0, 0.1) is 0 Å². The number of carboxylic acid groups (broad SMARTS) is 1. The minimum absolute atomic E-state index is 0.657. The summed E-state index contributed by atoms with van der Waals surface area (Å²) < 4.78 is 23.9. The summed E-state index contributed by atoms with van der Waals surface area (Å²) in [5.74, 6) is -5.94. The van der Waals surface area contributed by atoms with E-state index in [1.165, 1.54) is 0 Å². The van der Waals surface area contributed by atoms with Crippen molar-refractivity contribution in [2.45, 2.75) is 12.8 Å². The zero-order valence-electron chi connectivity index (χ0n) is 4.82. The van der Waals surface area contributed by atoms with E-state index < -0.39 is 17.5 Å². The lowest BCUT2D eigenvalue weighted by Crippen LogP contribution is -2.28. The summed E-state index contributed by atoms with van der Waals surface area (Å²) in [7, 11) is 0. The van der Waals surface area contributed by atoms with E-state index in [1.807, 2.05) is 0 Å². The van der Waals surface area contributed by atoms with Crippen LogP contribution in [0.3, 0.4) is 0 Å². The number of carbonyl (C=O) groups is 1. The molecule has 0 saturated heterocycles. The van der Waals surface area contributed by atoms with Gasteiger partial charge in [-0.05, 0) is 12.5 Å². The number of hydrogen-bond donors (Lipinski definition) is 1. The van der Waals surface area contributed by atoms with E-state index >= 15 is 0 Å². The normalized spacial score (nSPS) is 11.0. The van der Waals surface area contributed by atoms with Crippen molar-refractivity contribution in [2.24, 2.45) is 0 Å². The summed E-state index contributed by atoms with van der Waals surface area (Å²) in [5.41, 5.74) is -0.657. The Balaban J connectivity index is 4.38. The van der Waals surface area contributed by atoms with Gasteiger partial charge in [-0.15, -0.1) is 0 Å². The quantitative estimate of drug-likeness (QED) is 0.580. The zero-order chi connectivity index (χ0) is 7.65. The largest absolute Gasteiger partial charge is 0.477 e. The van der Waals surface area contributed by atoms with Crippen LogP contribution in [0.5, 0.6) is 0 Å². The van der Waals surface area contributed by atoms with Crippen LogP contribution >= 0.6 is 0 Å². The molecule has 0 aliphatic rings. The molecule has 52 valence electrons. The molecule has 0 aliphatic carbocycles. The molecule has 0 amide bonds. The van der Waals surface area contributed by atoms with Gasteiger partial charge in [0.25, 0.3) is 0 Å². The molecular weight excluding hydrogens is 130 g/mol. The number of alkyl halides is 2. The Morgan fingerprint density at radius 1 is 1.67 bits per heavy atom. The lowest BCUT2D eigenvalue weighted by molar-refractivity contribution is -0.159. The average molecular weight is 136 g/mol. The second-order valence-corrected chi connectivity index (χ2v) is 1.66. The molecule has 4 heteroatoms. The van der Waals surface area contributed by atoms with Crippen molar-refractivity contribution >= 4 is 5.97 Å². The Bertz CT molecular complexity index is 135. The van der Waals surface area contributed by atoms with Crippen LogP contribution in [0.25, 0.3) is 0 Å². The first-order valence-electron chi connectivity index (χ1n) is 2.16. The Labute approximate surface area is 50.8 Å². The molecule has 0 radical (unpaired) electrons. The third-order valence-electron chi connectivity index (χ3n) is 0.805. The smallest absolute Gasteiger partial charge is 0.379 e. The van der Waals surface area contributed by atoms with Gasteiger partial charge < -0.3 is 5.11 Å². The van der Waals surface area contributed by atoms with E-state index in [-0.39, 0.29) is 0 Å². The van der Waals surface area contributed by atoms with Crippen molar-refractivity contribution in [1.29, 1.82) is 0 Å². The monoisotopic (exact) mass is 136 g/mol. The van der Waals surface area contributed by atoms with Gasteiger partial charge in [-0.25, -0.2) is 4.79 Å². The summed E-state index contributed by atoms with van der Waals surface area (Å²) >= 11 is 0. The first-order valence-corrected chi connectivity index (χ1v) is 2.16. The lowest BCUT2D eigenvalue weighted by atomic mass is 10.2. The number of rotatable bonds is 2. The maximum atomic E-state index is 12.0. The molecule has 0 rings (SSSR count). The van der Waals surface area contributed by atoms with Crippen molar-refractivity contribution in [1.82, 2.24) is 0 Å². The standard InChI is InChI=1S/C5H6F2O2/c1-3(2)5(6,7)4(8)9/h1H2,2H3,(H,8,9). The molecule has 0 saturated carbocycles. The Kier molecular flexibility index (Phi) is 1.91. The average Bonchev–Trinajstić information content (AvgIpc) is 1.65. The molecule has 0 spiro atoms. The van der Waals surface area contributed by atoms with Gasteiger partial charge in [0.2, 0.25) is 0 Å². The van der Waals surface area contributed by atoms with Crippen molar-refractivity contribution in [3.63, 3.8) is 0 Å².